The van der Waals surface area contributed by atoms with Crippen molar-refractivity contribution in [2.24, 2.45) is 0 Å². The van der Waals surface area contributed by atoms with E-state index in [2.05, 4.69) is 37.5 Å². The van der Waals surface area contributed by atoms with Crippen molar-refractivity contribution < 1.29 is 4.52 Å². The number of rotatable bonds is 2. The Balaban J connectivity index is 1.89. The monoisotopic (exact) mass is 308 g/mol. The number of hydrogen-bond donors (Lipinski definition) is 0. The van der Waals surface area contributed by atoms with Crippen molar-refractivity contribution in [3.05, 3.63) is 28.6 Å². The number of allylic oxidation sites excluding steroid dienone is 2. The Morgan fingerprint density at radius 3 is 3.06 bits per heavy atom. The van der Waals surface area contributed by atoms with E-state index in [0.29, 0.717) is 0 Å². The fraction of sp³-hybridized carbons (Fsp3) is 0.417. The lowest BCUT2D eigenvalue weighted by Crippen LogP contribution is -2.12. The van der Waals surface area contributed by atoms with E-state index in [1.165, 1.54) is 10.9 Å². The second-order valence-corrected chi connectivity index (χ2v) is 5.36. The SMILES string of the molecule is Cc1cc(-c2cn(C3CCCC=C3Br)nn2)no1. The quantitative estimate of drug-likeness (QED) is 0.854. The molecule has 2 aromatic heterocycles. The standard InChI is InChI=1S/C12H13BrN4O/c1-8-6-10(15-18-8)11-7-17(16-14-11)12-5-3-2-4-9(12)13/h4,6-7,12H,2-3,5H2,1H3. The second-order valence-electron chi connectivity index (χ2n) is 4.44. The zero-order valence-corrected chi connectivity index (χ0v) is 11.6. The first kappa shape index (κ1) is 11.6. The summed E-state index contributed by atoms with van der Waals surface area (Å²) in [6.45, 7) is 1.86. The maximum atomic E-state index is 5.05. The van der Waals surface area contributed by atoms with Gasteiger partial charge in [-0.15, -0.1) is 5.10 Å². The van der Waals surface area contributed by atoms with E-state index < -0.39 is 0 Å². The summed E-state index contributed by atoms with van der Waals surface area (Å²) in [4.78, 5) is 0. The molecule has 0 spiro atoms. The van der Waals surface area contributed by atoms with Gasteiger partial charge < -0.3 is 4.52 Å². The van der Waals surface area contributed by atoms with Crippen LogP contribution in [0.4, 0.5) is 0 Å². The zero-order chi connectivity index (χ0) is 12.5. The topological polar surface area (TPSA) is 56.7 Å². The predicted molar refractivity (Wildman–Crippen MR) is 70.2 cm³/mol. The molecule has 1 aliphatic rings. The van der Waals surface area contributed by atoms with Crippen molar-refractivity contribution in [1.82, 2.24) is 20.2 Å². The fourth-order valence-corrected chi connectivity index (χ4v) is 2.78. The lowest BCUT2D eigenvalue weighted by Gasteiger charge is -2.19. The molecule has 1 atom stereocenters. The Bertz CT molecular complexity index is 586. The first-order chi connectivity index (χ1) is 8.74. The van der Waals surface area contributed by atoms with Crippen molar-refractivity contribution in [3.63, 3.8) is 0 Å². The van der Waals surface area contributed by atoms with Gasteiger partial charge in [-0.05, 0) is 26.2 Å². The molecule has 2 aromatic rings. The predicted octanol–water partition coefficient (Wildman–Crippen LogP) is 3.25. The lowest BCUT2D eigenvalue weighted by atomic mass is 10.0. The van der Waals surface area contributed by atoms with Gasteiger partial charge in [0.05, 0.1) is 12.2 Å². The molecule has 0 N–H and O–H groups in total. The van der Waals surface area contributed by atoms with Crippen LogP contribution in [0.15, 0.2) is 27.3 Å². The van der Waals surface area contributed by atoms with Crippen LogP contribution in [0, 0.1) is 6.92 Å². The van der Waals surface area contributed by atoms with Gasteiger partial charge in [-0.3, -0.25) is 0 Å². The van der Waals surface area contributed by atoms with Gasteiger partial charge in [0, 0.05) is 10.5 Å². The van der Waals surface area contributed by atoms with Crippen LogP contribution in [-0.4, -0.2) is 20.2 Å². The van der Waals surface area contributed by atoms with Crippen LogP contribution in [0.2, 0.25) is 0 Å². The average molecular weight is 309 g/mol. The van der Waals surface area contributed by atoms with Crippen LogP contribution in [0.25, 0.3) is 11.4 Å². The Labute approximate surface area is 113 Å². The third-order valence-electron chi connectivity index (χ3n) is 3.06. The molecule has 0 fully saturated rings. The first-order valence-corrected chi connectivity index (χ1v) is 6.74. The van der Waals surface area contributed by atoms with Gasteiger partial charge in [0.2, 0.25) is 0 Å². The third kappa shape index (κ3) is 2.12. The van der Waals surface area contributed by atoms with Crippen molar-refractivity contribution in [2.75, 3.05) is 0 Å². The van der Waals surface area contributed by atoms with Gasteiger partial charge in [-0.25, -0.2) is 4.68 Å². The summed E-state index contributed by atoms with van der Waals surface area (Å²) < 4.78 is 8.12. The summed E-state index contributed by atoms with van der Waals surface area (Å²) in [5, 5.41) is 12.3. The molecule has 0 saturated carbocycles. The summed E-state index contributed by atoms with van der Waals surface area (Å²) in [6, 6.07) is 2.12. The Kier molecular flexibility index (Phi) is 3.03. The van der Waals surface area contributed by atoms with Gasteiger partial charge in [-0.2, -0.15) is 0 Å². The molecule has 1 aliphatic carbocycles. The van der Waals surface area contributed by atoms with Gasteiger partial charge in [-0.1, -0.05) is 32.4 Å². The van der Waals surface area contributed by atoms with E-state index in [-0.39, 0.29) is 6.04 Å². The number of nitrogens with zero attached hydrogens (tertiary/aromatic N) is 4. The minimum absolute atomic E-state index is 0.257. The largest absolute Gasteiger partial charge is 0.361 e. The highest BCUT2D eigenvalue weighted by atomic mass is 79.9. The highest BCUT2D eigenvalue weighted by Crippen LogP contribution is 2.33. The molecule has 94 valence electrons. The maximum Gasteiger partial charge on any atom is 0.136 e. The highest BCUT2D eigenvalue weighted by Gasteiger charge is 2.20. The second kappa shape index (κ2) is 4.68. The van der Waals surface area contributed by atoms with Crippen molar-refractivity contribution in [2.45, 2.75) is 32.2 Å². The number of aryl methyl sites for hydroxylation is 1. The summed E-state index contributed by atoms with van der Waals surface area (Å²) >= 11 is 3.60. The molecule has 1 unspecified atom stereocenters. The molecule has 0 radical (unpaired) electrons. The highest BCUT2D eigenvalue weighted by molar-refractivity contribution is 9.11. The van der Waals surface area contributed by atoms with Crippen LogP contribution >= 0.6 is 15.9 Å². The summed E-state index contributed by atoms with van der Waals surface area (Å²) in [6.07, 6.45) is 7.51. The third-order valence-corrected chi connectivity index (χ3v) is 3.91. The van der Waals surface area contributed by atoms with Crippen LogP contribution in [0.5, 0.6) is 0 Å². The molecule has 0 aromatic carbocycles. The van der Waals surface area contributed by atoms with E-state index in [9.17, 15) is 0 Å². The van der Waals surface area contributed by atoms with Crippen LogP contribution in [-0.2, 0) is 0 Å². The van der Waals surface area contributed by atoms with Crippen molar-refractivity contribution in [3.8, 4) is 11.4 Å². The molecule has 0 amide bonds. The zero-order valence-electron chi connectivity index (χ0n) is 10.0. The first-order valence-electron chi connectivity index (χ1n) is 5.95. The minimum Gasteiger partial charge on any atom is -0.361 e. The van der Waals surface area contributed by atoms with E-state index >= 15 is 0 Å². The minimum atomic E-state index is 0.257. The van der Waals surface area contributed by atoms with Crippen LogP contribution in [0.3, 0.4) is 0 Å². The van der Waals surface area contributed by atoms with Gasteiger partial charge in [0.25, 0.3) is 0 Å². The molecule has 2 heterocycles. The summed E-state index contributed by atoms with van der Waals surface area (Å²) in [7, 11) is 0. The van der Waals surface area contributed by atoms with Crippen LogP contribution < -0.4 is 0 Å². The number of hydrogen-bond acceptors (Lipinski definition) is 4. The van der Waals surface area contributed by atoms with Gasteiger partial charge >= 0.3 is 0 Å². The molecule has 3 rings (SSSR count). The van der Waals surface area contributed by atoms with Gasteiger partial charge in [0.15, 0.2) is 0 Å². The normalized spacial score (nSPS) is 19.9. The van der Waals surface area contributed by atoms with Crippen molar-refractivity contribution in [1.29, 1.82) is 0 Å². The summed E-state index contributed by atoms with van der Waals surface area (Å²) in [5.74, 6) is 0.776. The average Bonchev–Trinajstić information content (AvgIpc) is 2.98. The van der Waals surface area contributed by atoms with Crippen molar-refractivity contribution >= 4 is 15.9 Å². The molecular formula is C12H13BrN4O. The Hall–Kier alpha value is -1.43. The molecule has 0 saturated heterocycles. The Morgan fingerprint density at radius 2 is 2.33 bits per heavy atom. The molecular weight excluding hydrogens is 296 g/mol. The van der Waals surface area contributed by atoms with Crippen LogP contribution in [0.1, 0.15) is 31.1 Å². The molecule has 18 heavy (non-hydrogen) atoms. The fourth-order valence-electron chi connectivity index (χ4n) is 2.12. The summed E-state index contributed by atoms with van der Waals surface area (Å²) in [5.41, 5.74) is 1.48. The van der Waals surface area contributed by atoms with E-state index in [0.717, 1.165) is 30.0 Å². The van der Waals surface area contributed by atoms with E-state index in [1.807, 2.05) is 23.9 Å². The lowest BCUT2D eigenvalue weighted by molar-refractivity contribution is 0.399. The van der Waals surface area contributed by atoms with E-state index in [1.54, 1.807) is 0 Å². The maximum absolute atomic E-state index is 5.05. The molecule has 6 heteroatoms. The molecule has 5 nitrogen and oxygen atoms in total. The smallest absolute Gasteiger partial charge is 0.136 e. The van der Waals surface area contributed by atoms with Gasteiger partial charge in [0.1, 0.15) is 17.1 Å². The molecule has 0 aliphatic heterocycles. The molecule has 0 bridgehead atoms. The number of halogens is 1. The Morgan fingerprint density at radius 1 is 1.44 bits per heavy atom. The number of aromatic nitrogens is 4. The van der Waals surface area contributed by atoms with E-state index in [4.69, 9.17) is 4.52 Å².